The fourth-order valence-electron chi connectivity index (χ4n) is 1.30. The molecule has 0 aliphatic heterocycles. The Morgan fingerprint density at radius 2 is 2.18 bits per heavy atom. The first-order valence-corrected chi connectivity index (χ1v) is 3.52. The monoisotopic (exact) mass is 218 g/mol. The van der Waals surface area contributed by atoms with E-state index in [4.69, 9.17) is 0 Å². The molecule has 0 fully saturated rings. The number of allylic oxidation sites excluding steroid dienone is 1. The van der Waals surface area contributed by atoms with Crippen LogP contribution in [0.2, 0.25) is 0 Å². The Balaban J connectivity index is 0.000000605. The van der Waals surface area contributed by atoms with Gasteiger partial charge in [0.2, 0.25) is 0 Å². The molecule has 1 aromatic rings. The average molecular weight is 218 g/mol. The molecule has 0 heterocycles. The van der Waals surface area contributed by atoms with Crippen LogP contribution in [0.5, 0.6) is 0 Å². The van der Waals surface area contributed by atoms with Crippen LogP contribution in [-0.4, -0.2) is 0 Å². The Bertz CT molecular complexity index is 287. The Hall–Kier alpha value is 0.0639. The number of hydrogen-bond donors (Lipinski definition) is 0. The van der Waals surface area contributed by atoms with Crippen LogP contribution in [0.1, 0.15) is 16.7 Å². The van der Waals surface area contributed by atoms with Crippen molar-refractivity contribution in [3.63, 3.8) is 0 Å². The third-order valence-electron chi connectivity index (χ3n) is 1.85. The molecule has 0 spiro atoms. The maximum Gasteiger partial charge on any atom is 3.00 e. The largest absolute Gasteiger partial charge is 3.00 e. The molecule has 1 aliphatic carbocycles. The molecule has 1 aliphatic rings. The quantitative estimate of drug-likeness (QED) is 0.586. The molecule has 0 N–H and O–H groups in total. The number of hydrogen-bond acceptors (Lipinski definition) is 0. The second kappa shape index (κ2) is 3.64. The predicted octanol–water partition coefficient (Wildman–Crippen LogP) is 2.37. The fourth-order valence-corrected chi connectivity index (χ4v) is 1.30. The summed E-state index contributed by atoms with van der Waals surface area (Å²) in [7, 11) is 0. The smallest absolute Gasteiger partial charge is 0.272 e. The van der Waals surface area contributed by atoms with Gasteiger partial charge in [-0.2, -0.15) is 5.56 Å². The molecule has 1 heteroatoms. The second-order valence-corrected chi connectivity index (χ2v) is 2.73. The van der Waals surface area contributed by atoms with Gasteiger partial charge in [0.1, 0.15) is 0 Å². The minimum atomic E-state index is 0. The maximum atomic E-state index is 3.19. The Morgan fingerprint density at radius 3 is 3.00 bits per heavy atom. The molecule has 0 bridgehead atoms. The summed E-state index contributed by atoms with van der Waals surface area (Å²) >= 11 is 0. The van der Waals surface area contributed by atoms with Crippen LogP contribution in [0, 0.1) is 13.0 Å². The van der Waals surface area contributed by atoms with Crippen LogP contribution < -0.4 is 0 Å². The van der Waals surface area contributed by atoms with Gasteiger partial charge < -0.3 is 0 Å². The first-order valence-electron chi connectivity index (χ1n) is 3.52. The average Bonchev–Trinajstić information content (AvgIpc) is 2.33. The van der Waals surface area contributed by atoms with Gasteiger partial charge in [-0.05, 0) is 6.92 Å². The first kappa shape index (κ1) is 9.15. The Kier molecular flexibility index (Phi) is 3.03. The summed E-state index contributed by atoms with van der Waals surface area (Å²) < 4.78 is 0. The van der Waals surface area contributed by atoms with Gasteiger partial charge in [0.15, 0.2) is 0 Å². The van der Waals surface area contributed by atoms with E-state index < -0.39 is 0 Å². The third-order valence-corrected chi connectivity index (χ3v) is 1.85. The normalized spacial score (nSPS) is 12.5. The molecule has 0 amide bonds. The van der Waals surface area contributed by atoms with E-state index >= 15 is 0 Å². The summed E-state index contributed by atoms with van der Waals surface area (Å²) in [5.74, 6) is 0. The van der Waals surface area contributed by atoms with Crippen molar-refractivity contribution in [2.24, 2.45) is 0 Å². The molecule has 0 saturated carbocycles. The molecule has 0 nitrogen and oxygen atoms in total. The summed E-state index contributed by atoms with van der Waals surface area (Å²) in [6, 6.07) is 6.53. The van der Waals surface area contributed by atoms with Crippen molar-refractivity contribution < 1.29 is 32.7 Å². The summed E-state index contributed by atoms with van der Waals surface area (Å²) in [4.78, 5) is 0. The van der Waals surface area contributed by atoms with Gasteiger partial charge in [-0.3, -0.25) is 6.08 Å². The van der Waals surface area contributed by atoms with Gasteiger partial charge >= 0.3 is 32.7 Å². The molecule has 0 aromatic heterocycles. The van der Waals surface area contributed by atoms with Crippen molar-refractivity contribution in [3.05, 3.63) is 41.0 Å². The zero-order valence-electron chi connectivity index (χ0n) is 6.59. The van der Waals surface area contributed by atoms with Crippen molar-refractivity contribution in [1.29, 1.82) is 0 Å². The van der Waals surface area contributed by atoms with Crippen molar-refractivity contribution in [2.75, 3.05) is 0 Å². The van der Waals surface area contributed by atoms with E-state index in [9.17, 15) is 0 Å². The van der Waals surface area contributed by atoms with Gasteiger partial charge in [-0.25, -0.2) is 6.08 Å². The van der Waals surface area contributed by atoms with Gasteiger partial charge in [0.05, 0.1) is 0 Å². The van der Waals surface area contributed by atoms with Crippen molar-refractivity contribution in [3.8, 4) is 0 Å². The van der Waals surface area contributed by atoms with E-state index in [1.807, 2.05) is 0 Å². The molecular weight excluding hydrogens is 209 g/mol. The Morgan fingerprint density at radius 1 is 1.36 bits per heavy atom. The predicted molar refractivity (Wildman–Crippen MR) is 42.6 cm³/mol. The van der Waals surface area contributed by atoms with Gasteiger partial charge in [-0.15, -0.1) is 18.1 Å². The van der Waals surface area contributed by atoms with Gasteiger partial charge in [0, 0.05) is 0 Å². The van der Waals surface area contributed by atoms with Crippen molar-refractivity contribution in [1.82, 2.24) is 0 Å². The standard InChI is InChI=1S/C10H9.Y/c1-8-5-6-9-3-2-4-10(9)7-8;/h3,5-7H,4H2,1H3;/q-1;+3. The first-order chi connectivity index (χ1) is 4.86. The van der Waals surface area contributed by atoms with Crippen LogP contribution in [0.4, 0.5) is 0 Å². The molecule has 0 atom stereocenters. The van der Waals surface area contributed by atoms with Gasteiger partial charge in [0.25, 0.3) is 0 Å². The van der Waals surface area contributed by atoms with Crippen LogP contribution in [-0.2, 0) is 39.1 Å². The zero-order valence-corrected chi connectivity index (χ0v) is 9.43. The van der Waals surface area contributed by atoms with E-state index in [1.165, 1.54) is 16.7 Å². The van der Waals surface area contributed by atoms with Crippen LogP contribution in [0.25, 0.3) is 6.08 Å². The minimum Gasteiger partial charge on any atom is -0.272 e. The van der Waals surface area contributed by atoms with Crippen LogP contribution in [0.3, 0.4) is 0 Å². The summed E-state index contributed by atoms with van der Waals surface area (Å²) in [6.07, 6.45) is 6.25. The number of rotatable bonds is 0. The number of benzene rings is 1. The van der Waals surface area contributed by atoms with Crippen molar-refractivity contribution in [2.45, 2.75) is 13.3 Å². The summed E-state index contributed by atoms with van der Waals surface area (Å²) in [5, 5.41) is 0. The van der Waals surface area contributed by atoms with E-state index in [2.05, 4.69) is 37.3 Å². The second-order valence-electron chi connectivity index (χ2n) is 2.73. The van der Waals surface area contributed by atoms with E-state index in [1.54, 1.807) is 0 Å². The molecular formula is C10H9Y+2. The minimum absolute atomic E-state index is 0. The number of aryl methyl sites for hydroxylation is 1. The topological polar surface area (TPSA) is 0 Å². The third kappa shape index (κ3) is 1.80. The molecule has 0 radical (unpaired) electrons. The van der Waals surface area contributed by atoms with Crippen LogP contribution >= 0.6 is 0 Å². The molecule has 50 valence electrons. The molecule has 11 heavy (non-hydrogen) atoms. The molecule has 0 unspecified atom stereocenters. The Labute approximate surface area is 92.6 Å². The summed E-state index contributed by atoms with van der Waals surface area (Å²) in [6.45, 7) is 2.12. The van der Waals surface area contributed by atoms with Crippen LogP contribution in [0.15, 0.2) is 18.2 Å². The van der Waals surface area contributed by atoms with Crippen molar-refractivity contribution >= 4 is 6.08 Å². The molecule has 1 aromatic carbocycles. The number of fused-ring (bicyclic) bond motifs is 1. The SMILES string of the molecule is Cc1ccc2c(c1)C[C-]=C2.[Y+3]. The van der Waals surface area contributed by atoms with Gasteiger partial charge in [-0.1, -0.05) is 17.7 Å². The fraction of sp³-hybridized carbons (Fsp3) is 0.200. The zero-order chi connectivity index (χ0) is 6.97. The van der Waals surface area contributed by atoms with E-state index in [0.717, 1.165) is 6.42 Å². The maximum absolute atomic E-state index is 3.19. The molecule has 0 saturated heterocycles. The van der Waals surface area contributed by atoms with E-state index in [0.29, 0.717) is 0 Å². The summed E-state index contributed by atoms with van der Waals surface area (Å²) in [5.41, 5.74) is 4.10. The molecule has 2 rings (SSSR count). The van der Waals surface area contributed by atoms with E-state index in [-0.39, 0.29) is 32.7 Å².